The minimum absolute atomic E-state index is 0.0602. The third-order valence-corrected chi connectivity index (χ3v) is 1.95. The van der Waals surface area contributed by atoms with E-state index < -0.39 is 11.9 Å². The van der Waals surface area contributed by atoms with Crippen LogP contribution in [0, 0.1) is 0 Å². The van der Waals surface area contributed by atoms with Crippen LogP contribution in [0.1, 0.15) is 17.3 Å². The molecule has 1 aromatic carbocycles. The van der Waals surface area contributed by atoms with Crippen molar-refractivity contribution in [3.05, 3.63) is 23.8 Å². The van der Waals surface area contributed by atoms with Crippen LogP contribution in [0.5, 0.6) is 6.01 Å². The second-order valence-electron chi connectivity index (χ2n) is 3.17. The predicted molar refractivity (Wildman–Crippen MR) is 54.4 cm³/mol. The summed E-state index contributed by atoms with van der Waals surface area (Å²) >= 11 is 0. The number of hydrogen-bond donors (Lipinski definition) is 2. The number of nitrogens with one attached hydrogen (secondary N) is 1. The number of ether oxygens (including phenoxy) is 1. The molecular formula is C10H8N2O4. The van der Waals surface area contributed by atoms with E-state index in [1.165, 1.54) is 19.1 Å². The number of carbonyl (C=O) groups excluding carboxylic acids is 1. The van der Waals surface area contributed by atoms with Gasteiger partial charge in [0.25, 0.3) is 0 Å². The van der Waals surface area contributed by atoms with Gasteiger partial charge >= 0.3 is 17.9 Å². The molecule has 0 bridgehead atoms. The highest BCUT2D eigenvalue weighted by Gasteiger charge is 2.09. The molecule has 0 fully saturated rings. The van der Waals surface area contributed by atoms with E-state index in [-0.39, 0.29) is 11.6 Å². The first-order valence-electron chi connectivity index (χ1n) is 4.48. The van der Waals surface area contributed by atoms with Crippen molar-refractivity contribution < 1.29 is 19.4 Å². The molecule has 0 radical (unpaired) electrons. The summed E-state index contributed by atoms with van der Waals surface area (Å²) in [5.41, 5.74) is 1.19. The fraction of sp³-hybridized carbons (Fsp3) is 0.100. The Labute approximate surface area is 89.9 Å². The molecule has 0 spiro atoms. The average Bonchev–Trinajstić information content (AvgIpc) is 2.56. The van der Waals surface area contributed by atoms with Crippen molar-refractivity contribution >= 4 is 23.0 Å². The van der Waals surface area contributed by atoms with Crippen molar-refractivity contribution in [3.63, 3.8) is 0 Å². The van der Waals surface area contributed by atoms with Crippen LogP contribution in [0.3, 0.4) is 0 Å². The van der Waals surface area contributed by atoms with E-state index >= 15 is 0 Å². The van der Waals surface area contributed by atoms with Crippen LogP contribution in [0.25, 0.3) is 11.0 Å². The van der Waals surface area contributed by atoms with Crippen molar-refractivity contribution in [1.29, 1.82) is 0 Å². The minimum Gasteiger partial charge on any atom is -0.478 e. The monoisotopic (exact) mass is 220 g/mol. The van der Waals surface area contributed by atoms with Crippen LogP contribution in [-0.4, -0.2) is 27.0 Å². The highest BCUT2D eigenvalue weighted by molar-refractivity contribution is 5.92. The number of esters is 1. The zero-order valence-corrected chi connectivity index (χ0v) is 8.35. The van der Waals surface area contributed by atoms with Crippen molar-refractivity contribution in [2.24, 2.45) is 0 Å². The van der Waals surface area contributed by atoms with Crippen LogP contribution >= 0.6 is 0 Å². The lowest BCUT2D eigenvalue weighted by molar-refractivity contribution is -0.132. The molecule has 0 amide bonds. The summed E-state index contributed by atoms with van der Waals surface area (Å²) in [6, 6.07) is 4.48. The van der Waals surface area contributed by atoms with Gasteiger partial charge < -0.3 is 14.8 Å². The molecule has 0 unspecified atom stereocenters. The number of nitrogens with zero attached hydrogens (tertiary/aromatic N) is 1. The van der Waals surface area contributed by atoms with Crippen molar-refractivity contribution in [2.45, 2.75) is 6.92 Å². The number of aromatic carboxylic acids is 1. The highest BCUT2D eigenvalue weighted by atomic mass is 16.5. The minimum atomic E-state index is -1.03. The van der Waals surface area contributed by atoms with Crippen LogP contribution in [0.2, 0.25) is 0 Å². The lowest BCUT2D eigenvalue weighted by atomic mass is 10.2. The summed E-state index contributed by atoms with van der Waals surface area (Å²) in [7, 11) is 0. The quantitative estimate of drug-likeness (QED) is 0.741. The number of carbonyl (C=O) groups is 2. The Morgan fingerprint density at radius 2 is 2.19 bits per heavy atom. The molecule has 2 N–H and O–H groups in total. The first-order chi connectivity index (χ1) is 7.56. The third kappa shape index (κ3) is 1.85. The van der Waals surface area contributed by atoms with Gasteiger partial charge in [0.05, 0.1) is 16.6 Å². The van der Waals surface area contributed by atoms with Gasteiger partial charge in [-0.15, -0.1) is 0 Å². The third-order valence-electron chi connectivity index (χ3n) is 1.95. The molecule has 2 rings (SSSR count). The van der Waals surface area contributed by atoms with E-state index in [2.05, 4.69) is 9.97 Å². The molecule has 0 saturated heterocycles. The standard InChI is InChI=1S/C10H8N2O4/c1-5(13)16-10-11-7-3-2-6(9(14)15)4-8(7)12-10/h2-4H,1H3,(H,11,12)(H,14,15). The fourth-order valence-electron chi connectivity index (χ4n) is 1.30. The number of hydrogen-bond acceptors (Lipinski definition) is 4. The first-order valence-corrected chi connectivity index (χ1v) is 4.48. The van der Waals surface area contributed by atoms with Crippen LogP contribution < -0.4 is 4.74 Å². The number of rotatable bonds is 2. The van der Waals surface area contributed by atoms with Gasteiger partial charge in [0.1, 0.15) is 0 Å². The summed E-state index contributed by atoms with van der Waals surface area (Å²) in [5.74, 6) is -1.52. The van der Waals surface area contributed by atoms with E-state index in [0.29, 0.717) is 11.0 Å². The molecule has 6 nitrogen and oxygen atoms in total. The summed E-state index contributed by atoms with van der Waals surface area (Å²) in [5, 5.41) is 8.77. The molecule has 1 heterocycles. The number of aromatic nitrogens is 2. The molecule has 0 aliphatic carbocycles. The van der Waals surface area contributed by atoms with E-state index in [9.17, 15) is 9.59 Å². The predicted octanol–water partition coefficient (Wildman–Crippen LogP) is 1.19. The smallest absolute Gasteiger partial charge is 0.335 e. The topological polar surface area (TPSA) is 92.3 Å². The van der Waals surface area contributed by atoms with E-state index in [4.69, 9.17) is 9.84 Å². The van der Waals surface area contributed by atoms with Crippen LogP contribution in [-0.2, 0) is 4.79 Å². The van der Waals surface area contributed by atoms with Crippen LogP contribution in [0.4, 0.5) is 0 Å². The van der Waals surface area contributed by atoms with Gasteiger partial charge in [0.2, 0.25) is 0 Å². The molecule has 0 aliphatic rings. The highest BCUT2D eigenvalue weighted by Crippen LogP contribution is 2.17. The SMILES string of the molecule is CC(=O)Oc1nc2cc(C(=O)O)ccc2[nH]1. The second-order valence-corrected chi connectivity index (χ2v) is 3.17. The van der Waals surface area contributed by atoms with E-state index in [1.54, 1.807) is 6.07 Å². The molecule has 0 atom stereocenters. The Kier molecular flexibility index (Phi) is 2.32. The number of fused-ring (bicyclic) bond motifs is 1. The normalized spacial score (nSPS) is 10.3. The first kappa shape index (κ1) is 10.2. The van der Waals surface area contributed by atoms with E-state index in [1.807, 2.05) is 0 Å². The number of benzene rings is 1. The Hall–Kier alpha value is -2.37. The molecule has 2 aromatic rings. The van der Waals surface area contributed by atoms with Gasteiger partial charge in [-0.25, -0.2) is 4.79 Å². The number of aromatic amines is 1. The summed E-state index contributed by atoms with van der Waals surface area (Å²) in [6.07, 6.45) is 0. The van der Waals surface area contributed by atoms with Crippen molar-refractivity contribution in [2.75, 3.05) is 0 Å². The van der Waals surface area contributed by atoms with Gasteiger partial charge in [-0.1, -0.05) is 0 Å². The molecule has 0 aliphatic heterocycles. The Morgan fingerprint density at radius 3 is 2.81 bits per heavy atom. The summed E-state index contributed by atoms with van der Waals surface area (Å²) < 4.78 is 4.75. The van der Waals surface area contributed by atoms with Crippen molar-refractivity contribution in [1.82, 2.24) is 9.97 Å². The van der Waals surface area contributed by atoms with Gasteiger partial charge in [-0.3, -0.25) is 4.79 Å². The van der Waals surface area contributed by atoms with Gasteiger partial charge in [0.15, 0.2) is 0 Å². The Morgan fingerprint density at radius 1 is 1.44 bits per heavy atom. The van der Waals surface area contributed by atoms with Crippen LogP contribution in [0.15, 0.2) is 18.2 Å². The number of H-pyrrole nitrogens is 1. The molecule has 82 valence electrons. The maximum absolute atomic E-state index is 10.7. The molecular weight excluding hydrogens is 212 g/mol. The summed E-state index contributed by atoms with van der Waals surface area (Å²) in [6.45, 7) is 1.26. The molecule has 0 saturated carbocycles. The van der Waals surface area contributed by atoms with Crippen molar-refractivity contribution in [3.8, 4) is 6.01 Å². The zero-order chi connectivity index (χ0) is 11.7. The second kappa shape index (κ2) is 3.65. The lowest BCUT2D eigenvalue weighted by Crippen LogP contribution is -2.02. The largest absolute Gasteiger partial charge is 0.478 e. The van der Waals surface area contributed by atoms with Gasteiger partial charge in [0, 0.05) is 6.92 Å². The maximum Gasteiger partial charge on any atom is 0.335 e. The van der Waals surface area contributed by atoms with Gasteiger partial charge in [-0.05, 0) is 18.2 Å². The maximum atomic E-state index is 10.7. The number of carboxylic acid groups (broad SMARTS) is 1. The molecule has 1 aromatic heterocycles. The number of carboxylic acids is 1. The Balaban J connectivity index is 2.45. The molecule has 6 heteroatoms. The lowest BCUT2D eigenvalue weighted by Gasteiger charge is -1.91. The summed E-state index contributed by atoms with van der Waals surface area (Å²) in [4.78, 5) is 28.1. The van der Waals surface area contributed by atoms with Gasteiger partial charge in [-0.2, -0.15) is 4.98 Å². The fourth-order valence-corrected chi connectivity index (χ4v) is 1.30. The average molecular weight is 220 g/mol. The molecule has 16 heavy (non-hydrogen) atoms. The van der Waals surface area contributed by atoms with E-state index in [0.717, 1.165) is 0 Å². The zero-order valence-electron chi connectivity index (χ0n) is 8.35. The Bertz CT molecular complexity index is 573. The number of imidazole rings is 1.